The molecule has 0 bridgehead atoms. The van der Waals surface area contributed by atoms with Crippen LogP contribution in [0.15, 0.2) is 46.9 Å². The van der Waals surface area contributed by atoms with Gasteiger partial charge in [0.05, 0.1) is 16.4 Å². The number of hydrogen-bond acceptors (Lipinski definition) is 4. The van der Waals surface area contributed by atoms with Gasteiger partial charge in [-0.1, -0.05) is 47.4 Å². The van der Waals surface area contributed by atoms with Crippen molar-refractivity contribution in [2.24, 2.45) is 5.92 Å². The molecule has 2 N–H and O–H groups in total. The fourth-order valence-corrected chi connectivity index (χ4v) is 4.14. The molecule has 31 heavy (non-hydrogen) atoms. The summed E-state index contributed by atoms with van der Waals surface area (Å²) in [6.07, 6.45) is 0. The maximum atomic E-state index is 12.4. The zero-order chi connectivity index (χ0) is 22.5. The van der Waals surface area contributed by atoms with Crippen molar-refractivity contribution in [3.63, 3.8) is 0 Å². The summed E-state index contributed by atoms with van der Waals surface area (Å²) in [5.74, 6) is -0.154. The Morgan fingerprint density at radius 1 is 1.06 bits per heavy atom. The summed E-state index contributed by atoms with van der Waals surface area (Å²) < 4.78 is 0.892. The molecule has 1 fully saturated rings. The maximum absolute atomic E-state index is 12.4. The number of benzene rings is 2. The highest BCUT2D eigenvalue weighted by atomic mass is 79.9. The lowest BCUT2D eigenvalue weighted by Gasteiger charge is -2.38. The molecule has 9 heteroatoms. The lowest BCUT2D eigenvalue weighted by atomic mass is 10.1. The number of para-hydroxylation sites is 1. The van der Waals surface area contributed by atoms with Crippen LogP contribution in [0.5, 0.6) is 0 Å². The Bertz CT molecular complexity index is 976. The molecular weight excluding hydrogens is 500 g/mol. The Labute approximate surface area is 201 Å². The topological polar surface area (TPSA) is 64.7 Å². The number of thiocarbonyl (C=S) groups is 1. The largest absolute Gasteiger partial charge is 0.365 e. The predicted molar refractivity (Wildman–Crippen MR) is 133 cm³/mol. The van der Waals surface area contributed by atoms with Crippen molar-refractivity contribution < 1.29 is 9.59 Å². The third-order valence-electron chi connectivity index (χ3n) is 4.97. The number of hydrogen-bond donors (Lipinski definition) is 2. The molecule has 0 spiro atoms. The summed E-state index contributed by atoms with van der Waals surface area (Å²) in [6, 6.07) is 12.5. The number of piperazine rings is 1. The van der Waals surface area contributed by atoms with Crippen LogP contribution in [0.3, 0.4) is 0 Å². The van der Waals surface area contributed by atoms with Gasteiger partial charge in [0.2, 0.25) is 5.91 Å². The molecule has 3 rings (SSSR count). The Kier molecular flexibility index (Phi) is 7.91. The number of rotatable bonds is 4. The van der Waals surface area contributed by atoms with Crippen molar-refractivity contribution in [3.05, 3.63) is 57.5 Å². The fraction of sp³-hybridized carbons (Fsp3) is 0.318. The second-order valence-corrected chi connectivity index (χ2v) is 9.25. The van der Waals surface area contributed by atoms with Crippen LogP contribution in [0, 0.1) is 5.92 Å². The van der Waals surface area contributed by atoms with E-state index in [1.807, 2.05) is 36.9 Å². The van der Waals surface area contributed by atoms with Gasteiger partial charge in [0.1, 0.15) is 0 Å². The predicted octanol–water partition coefficient (Wildman–Crippen LogP) is 4.53. The van der Waals surface area contributed by atoms with E-state index in [-0.39, 0.29) is 22.8 Å². The molecule has 1 aliphatic rings. The highest BCUT2D eigenvalue weighted by Gasteiger charge is 2.25. The average molecular weight is 524 g/mol. The quantitative estimate of drug-likeness (QED) is 0.577. The molecule has 2 aromatic rings. The molecule has 6 nitrogen and oxygen atoms in total. The molecule has 1 aliphatic heterocycles. The van der Waals surface area contributed by atoms with Crippen LogP contribution < -0.4 is 15.5 Å². The third-order valence-corrected chi connectivity index (χ3v) is 6.01. The van der Waals surface area contributed by atoms with Gasteiger partial charge in [-0.3, -0.25) is 14.9 Å². The van der Waals surface area contributed by atoms with E-state index in [1.165, 1.54) is 0 Å². The zero-order valence-electron chi connectivity index (χ0n) is 17.3. The number of halogens is 2. The van der Waals surface area contributed by atoms with Crippen LogP contribution in [0.1, 0.15) is 24.2 Å². The lowest BCUT2D eigenvalue weighted by Crippen LogP contribution is -2.50. The van der Waals surface area contributed by atoms with Gasteiger partial charge in [-0.05, 0) is 48.6 Å². The van der Waals surface area contributed by atoms with Gasteiger partial charge in [-0.2, -0.15) is 0 Å². The first-order chi connectivity index (χ1) is 14.8. The first kappa shape index (κ1) is 23.5. The van der Waals surface area contributed by atoms with Crippen molar-refractivity contribution in [1.82, 2.24) is 10.2 Å². The number of anilines is 2. The molecular formula is C22H24BrClN4O2S. The molecule has 2 amide bonds. The minimum atomic E-state index is -0.297. The lowest BCUT2D eigenvalue weighted by molar-refractivity contribution is -0.134. The van der Waals surface area contributed by atoms with Crippen LogP contribution >= 0.6 is 39.7 Å². The normalized spacial score (nSPS) is 13.8. The van der Waals surface area contributed by atoms with Crippen LogP contribution in [0.25, 0.3) is 0 Å². The Hall–Kier alpha value is -2.16. The molecule has 0 aliphatic carbocycles. The van der Waals surface area contributed by atoms with Crippen molar-refractivity contribution >= 4 is 68.1 Å². The van der Waals surface area contributed by atoms with Gasteiger partial charge in [-0.25, -0.2) is 0 Å². The minimum Gasteiger partial charge on any atom is -0.365 e. The zero-order valence-corrected chi connectivity index (χ0v) is 20.5. The van der Waals surface area contributed by atoms with E-state index >= 15 is 0 Å². The average Bonchev–Trinajstić information content (AvgIpc) is 2.74. The highest BCUT2D eigenvalue weighted by Crippen LogP contribution is 2.34. The van der Waals surface area contributed by atoms with Gasteiger partial charge >= 0.3 is 0 Å². The van der Waals surface area contributed by atoms with Crippen LogP contribution in [0.2, 0.25) is 5.02 Å². The molecule has 0 saturated carbocycles. The summed E-state index contributed by atoms with van der Waals surface area (Å²) in [6.45, 7) is 6.41. The standard InChI is InChI=1S/C22H24BrClN4O2S/c1-14(2)21(30)28-12-10-27(11-13-28)19-17(24)4-3-5-18(19)25-22(31)26-20(29)15-6-8-16(23)9-7-15/h3-9,14H,10-13H2,1-2H3,(H2,25,26,29,31). The van der Waals surface area contributed by atoms with Crippen LogP contribution in [-0.4, -0.2) is 48.0 Å². The second-order valence-electron chi connectivity index (χ2n) is 7.52. The summed E-state index contributed by atoms with van der Waals surface area (Å²) in [5, 5.41) is 6.56. The van der Waals surface area contributed by atoms with Crippen molar-refractivity contribution in [3.8, 4) is 0 Å². The third kappa shape index (κ3) is 5.96. The Morgan fingerprint density at radius 2 is 1.71 bits per heavy atom. The van der Waals surface area contributed by atoms with Crippen molar-refractivity contribution in [1.29, 1.82) is 0 Å². The molecule has 164 valence electrons. The number of carbonyl (C=O) groups excluding carboxylic acids is 2. The number of nitrogens with one attached hydrogen (secondary N) is 2. The number of amides is 2. The SMILES string of the molecule is CC(C)C(=O)N1CCN(c2c(Cl)cccc2NC(=S)NC(=O)c2ccc(Br)cc2)CC1. The van der Waals surface area contributed by atoms with Gasteiger partial charge in [-0.15, -0.1) is 0 Å². The highest BCUT2D eigenvalue weighted by molar-refractivity contribution is 9.10. The molecule has 0 aromatic heterocycles. The van der Waals surface area contributed by atoms with E-state index in [4.69, 9.17) is 23.8 Å². The first-order valence-corrected chi connectivity index (χ1v) is 11.5. The first-order valence-electron chi connectivity index (χ1n) is 9.96. The summed E-state index contributed by atoms with van der Waals surface area (Å²) >= 11 is 15.2. The smallest absolute Gasteiger partial charge is 0.257 e. The summed E-state index contributed by atoms with van der Waals surface area (Å²) in [4.78, 5) is 28.7. The molecule has 0 atom stereocenters. The Morgan fingerprint density at radius 3 is 2.32 bits per heavy atom. The number of carbonyl (C=O) groups is 2. The van der Waals surface area contributed by atoms with Gasteiger partial charge in [0.15, 0.2) is 5.11 Å². The van der Waals surface area contributed by atoms with Crippen LogP contribution in [0.4, 0.5) is 11.4 Å². The monoisotopic (exact) mass is 522 g/mol. The molecule has 1 saturated heterocycles. The summed E-state index contributed by atoms with van der Waals surface area (Å²) in [7, 11) is 0. The fourth-order valence-electron chi connectivity index (χ4n) is 3.38. The van der Waals surface area contributed by atoms with E-state index in [9.17, 15) is 9.59 Å². The van der Waals surface area contributed by atoms with E-state index in [1.54, 1.807) is 24.3 Å². The van der Waals surface area contributed by atoms with E-state index in [2.05, 4.69) is 31.5 Å². The van der Waals surface area contributed by atoms with Crippen LogP contribution in [-0.2, 0) is 4.79 Å². The van der Waals surface area contributed by atoms with Gasteiger partial charge in [0.25, 0.3) is 5.91 Å². The molecule has 0 unspecified atom stereocenters. The molecule has 0 radical (unpaired) electrons. The van der Waals surface area contributed by atoms with Crippen molar-refractivity contribution in [2.45, 2.75) is 13.8 Å². The minimum absolute atomic E-state index is 0.0178. The van der Waals surface area contributed by atoms with Gasteiger partial charge in [0, 0.05) is 42.1 Å². The molecule has 1 heterocycles. The Balaban J connectivity index is 1.68. The second kappa shape index (κ2) is 10.4. The number of nitrogens with zero attached hydrogens (tertiary/aromatic N) is 2. The molecule has 2 aromatic carbocycles. The van der Waals surface area contributed by atoms with Gasteiger partial charge < -0.3 is 15.1 Å². The maximum Gasteiger partial charge on any atom is 0.257 e. The van der Waals surface area contributed by atoms with Crippen molar-refractivity contribution in [2.75, 3.05) is 36.4 Å². The van der Waals surface area contributed by atoms with E-state index in [0.29, 0.717) is 42.5 Å². The summed E-state index contributed by atoms with van der Waals surface area (Å²) in [5.41, 5.74) is 2.02. The van der Waals surface area contributed by atoms with E-state index < -0.39 is 0 Å². The van der Waals surface area contributed by atoms with E-state index in [0.717, 1.165) is 10.2 Å².